The van der Waals surface area contributed by atoms with Crippen molar-refractivity contribution in [2.45, 2.75) is 0 Å². The van der Waals surface area contributed by atoms with Crippen molar-refractivity contribution in [3.8, 4) is 5.69 Å². The van der Waals surface area contributed by atoms with Crippen LogP contribution in [0.25, 0.3) is 16.7 Å². The lowest BCUT2D eigenvalue weighted by Gasteiger charge is -2.12. The molecule has 0 aliphatic carbocycles. The highest BCUT2D eigenvalue weighted by molar-refractivity contribution is 9.10. The molecule has 0 aliphatic heterocycles. The molecular formula is C15H7BrClFN2O2. The molecule has 1 aromatic carbocycles. The number of pyridine rings is 2. The van der Waals surface area contributed by atoms with Crippen molar-refractivity contribution in [1.29, 1.82) is 0 Å². The molecule has 0 fully saturated rings. The maximum atomic E-state index is 14.2. The monoisotopic (exact) mass is 380 g/mol. The average molecular weight is 382 g/mol. The Balaban J connectivity index is 2.45. The highest BCUT2D eigenvalue weighted by atomic mass is 79.9. The van der Waals surface area contributed by atoms with Gasteiger partial charge in [-0.3, -0.25) is 14.2 Å². The highest BCUT2D eigenvalue weighted by Gasteiger charge is 2.16. The van der Waals surface area contributed by atoms with E-state index in [1.807, 2.05) is 0 Å². The summed E-state index contributed by atoms with van der Waals surface area (Å²) in [7, 11) is 0. The Bertz CT molecular complexity index is 971. The lowest BCUT2D eigenvalue weighted by atomic mass is 10.2. The minimum Gasteiger partial charge on any atom is -0.297 e. The first-order valence-corrected chi connectivity index (χ1v) is 7.32. The van der Waals surface area contributed by atoms with Crippen LogP contribution in [0.5, 0.6) is 0 Å². The van der Waals surface area contributed by atoms with E-state index in [4.69, 9.17) is 11.6 Å². The molecule has 3 rings (SSSR count). The lowest BCUT2D eigenvalue weighted by Crippen LogP contribution is -2.17. The maximum absolute atomic E-state index is 14.2. The van der Waals surface area contributed by atoms with Gasteiger partial charge in [0, 0.05) is 16.9 Å². The number of carbonyl (C=O) groups excluding carboxylic acids is 1. The van der Waals surface area contributed by atoms with Gasteiger partial charge in [0.05, 0.1) is 16.6 Å². The Morgan fingerprint density at radius 2 is 2.09 bits per heavy atom. The maximum Gasteiger partial charge on any atom is 0.257 e. The van der Waals surface area contributed by atoms with Crippen LogP contribution in [0.15, 0.2) is 52.0 Å². The molecule has 0 amide bonds. The van der Waals surface area contributed by atoms with E-state index in [2.05, 4.69) is 20.9 Å². The number of fused-ring (bicyclic) bond motifs is 1. The summed E-state index contributed by atoms with van der Waals surface area (Å²) in [6.45, 7) is 0. The van der Waals surface area contributed by atoms with Crippen LogP contribution < -0.4 is 5.43 Å². The second-order valence-corrected chi connectivity index (χ2v) is 5.74. The van der Waals surface area contributed by atoms with E-state index in [-0.39, 0.29) is 22.3 Å². The molecule has 22 heavy (non-hydrogen) atoms. The molecular weight excluding hydrogens is 375 g/mol. The van der Waals surface area contributed by atoms with E-state index in [1.165, 1.54) is 35.2 Å². The molecule has 2 heterocycles. The van der Waals surface area contributed by atoms with E-state index in [0.29, 0.717) is 4.47 Å². The van der Waals surface area contributed by atoms with Gasteiger partial charge in [0.2, 0.25) is 5.43 Å². The predicted octanol–water partition coefficient (Wildman–Crippen LogP) is 3.67. The topological polar surface area (TPSA) is 52.0 Å². The van der Waals surface area contributed by atoms with Crippen LogP contribution in [0.1, 0.15) is 10.4 Å². The van der Waals surface area contributed by atoms with Crippen LogP contribution >= 0.6 is 27.5 Å². The summed E-state index contributed by atoms with van der Waals surface area (Å²) in [4.78, 5) is 27.8. The van der Waals surface area contributed by atoms with Crippen molar-refractivity contribution in [2.75, 3.05) is 0 Å². The van der Waals surface area contributed by atoms with Gasteiger partial charge in [0.15, 0.2) is 0 Å². The third-order valence-corrected chi connectivity index (χ3v) is 3.84. The van der Waals surface area contributed by atoms with Crippen molar-refractivity contribution in [2.24, 2.45) is 0 Å². The summed E-state index contributed by atoms with van der Waals surface area (Å²) >= 11 is 8.64. The van der Waals surface area contributed by atoms with Gasteiger partial charge in [-0.15, -0.1) is 0 Å². The molecule has 0 spiro atoms. The molecule has 3 aromatic rings. The van der Waals surface area contributed by atoms with Crippen molar-refractivity contribution in [3.63, 3.8) is 0 Å². The standard InChI is InChI=1S/C15H7BrClFN2O2/c16-8-3-4-12(11(18)6-8)20-7-10(14(17)22)13(21)9-2-1-5-19-15(9)20/h1-7H. The van der Waals surface area contributed by atoms with E-state index in [1.54, 1.807) is 12.1 Å². The van der Waals surface area contributed by atoms with Crippen molar-refractivity contribution < 1.29 is 9.18 Å². The van der Waals surface area contributed by atoms with Crippen LogP contribution in [0, 0.1) is 5.82 Å². The molecule has 0 saturated carbocycles. The largest absolute Gasteiger partial charge is 0.297 e. The number of hydrogen-bond acceptors (Lipinski definition) is 3. The van der Waals surface area contributed by atoms with Crippen LogP contribution in [0.3, 0.4) is 0 Å². The molecule has 4 nitrogen and oxygen atoms in total. The fourth-order valence-electron chi connectivity index (χ4n) is 2.16. The number of halogens is 3. The molecule has 0 N–H and O–H groups in total. The number of hydrogen-bond donors (Lipinski definition) is 0. The third kappa shape index (κ3) is 2.44. The summed E-state index contributed by atoms with van der Waals surface area (Å²) in [5.74, 6) is -0.530. The van der Waals surface area contributed by atoms with Crippen LogP contribution in [-0.4, -0.2) is 14.8 Å². The molecule has 2 aromatic heterocycles. The molecule has 0 radical (unpaired) electrons. The first-order valence-electron chi connectivity index (χ1n) is 6.14. The minimum absolute atomic E-state index is 0.158. The quantitative estimate of drug-likeness (QED) is 0.637. The minimum atomic E-state index is -0.901. The van der Waals surface area contributed by atoms with E-state index in [0.717, 1.165) is 0 Å². The van der Waals surface area contributed by atoms with Gasteiger partial charge >= 0.3 is 0 Å². The molecule has 0 bridgehead atoms. The summed E-state index contributed by atoms with van der Waals surface area (Å²) in [6, 6.07) is 7.52. The Hall–Kier alpha value is -2.05. The number of nitrogens with zero attached hydrogens (tertiary/aromatic N) is 2. The lowest BCUT2D eigenvalue weighted by molar-refractivity contribution is 0.108. The number of rotatable bonds is 2. The number of benzene rings is 1. The third-order valence-electron chi connectivity index (χ3n) is 3.14. The van der Waals surface area contributed by atoms with Crippen molar-refractivity contribution >= 4 is 43.8 Å². The summed E-state index contributed by atoms with van der Waals surface area (Å²) in [5.41, 5.74) is -0.359. The van der Waals surface area contributed by atoms with Gasteiger partial charge in [-0.1, -0.05) is 15.9 Å². The van der Waals surface area contributed by atoms with Gasteiger partial charge in [0.1, 0.15) is 11.5 Å². The zero-order chi connectivity index (χ0) is 15.9. The molecule has 0 unspecified atom stereocenters. The number of aromatic nitrogens is 2. The smallest absolute Gasteiger partial charge is 0.257 e. The summed E-state index contributed by atoms with van der Waals surface area (Å²) in [5, 5.41) is -0.710. The van der Waals surface area contributed by atoms with Gasteiger partial charge in [-0.25, -0.2) is 9.37 Å². The second-order valence-electron chi connectivity index (χ2n) is 4.49. The predicted molar refractivity (Wildman–Crippen MR) is 85.2 cm³/mol. The van der Waals surface area contributed by atoms with Crippen LogP contribution in [0.4, 0.5) is 4.39 Å². The van der Waals surface area contributed by atoms with E-state index >= 15 is 0 Å². The molecule has 110 valence electrons. The zero-order valence-corrected chi connectivity index (χ0v) is 13.2. The van der Waals surface area contributed by atoms with Gasteiger partial charge in [0.25, 0.3) is 5.24 Å². The van der Waals surface area contributed by atoms with Crippen molar-refractivity contribution in [1.82, 2.24) is 9.55 Å². The highest BCUT2D eigenvalue weighted by Crippen LogP contribution is 2.22. The number of carbonyl (C=O) groups is 1. The summed E-state index contributed by atoms with van der Waals surface area (Å²) < 4.78 is 16.1. The Morgan fingerprint density at radius 3 is 2.77 bits per heavy atom. The van der Waals surface area contributed by atoms with Crippen LogP contribution in [0.2, 0.25) is 0 Å². The van der Waals surface area contributed by atoms with Crippen LogP contribution in [-0.2, 0) is 0 Å². The van der Waals surface area contributed by atoms with Gasteiger partial charge in [-0.05, 0) is 41.9 Å². The van der Waals surface area contributed by atoms with E-state index in [9.17, 15) is 14.0 Å². The fourth-order valence-corrected chi connectivity index (χ4v) is 2.63. The summed E-state index contributed by atoms with van der Waals surface area (Å²) in [6.07, 6.45) is 2.69. The second kappa shape index (κ2) is 5.62. The van der Waals surface area contributed by atoms with E-state index < -0.39 is 16.5 Å². The SMILES string of the molecule is O=C(Cl)c1cn(-c2ccc(Br)cc2F)c2ncccc2c1=O. The first kappa shape index (κ1) is 14.9. The Kier molecular flexibility index (Phi) is 3.80. The fraction of sp³-hybridized carbons (Fsp3) is 0. The Morgan fingerprint density at radius 1 is 1.32 bits per heavy atom. The normalized spacial score (nSPS) is 10.9. The molecule has 0 atom stereocenters. The average Bonchev–Trinajstić information content (AvgIpc) is 2.48. The first-order chi connectivity index (χ1) is 10.5. The van der Waals surface area contributed by atoms with Gasteiger partial charge in [-0.2, -0.15) is 0 Å². The molecule has 0 aliphatic rings. The molecule has 0 saturated heterocycles. The van der Waals surface area contributed by atoms with Crippen molar-refractivity contribution in [3.05, 3.63) is 68.8 Å². The van der Waals surface area contributed by atoms with Gasteiger partial charge < -0.3 is 0 Å². The molecule has 7 heteroatoms. The Labute approximate surface area is 137 Å². The zero-order valence-electron chi connectivity index (χ0n) is 10.9.